The number of alkyl halides is 3. The number of morpholine rings is 1. The second-order valence-corrected chi connectivity index (χ2v) is 12.4. The van der Waals surface area contributed by atoms with E-state index in [2.05, 4.69) is 5.32 Å². The van der Waals surface area contributed by atoms with Gasteiger partial charge >= 0.3 is 6.18 Å². The van der Waals surface area contributed by atoms with Crippen molar-refractivity contribution >= 4 is 43.2 Å². The summed E-state index contributed by atoms with van der Waals surface area (Å²) in [4.78, 5) is 12.4. The monoisotopic (exact) mass is 599 g/mol. The van der Waals surface area contributed by atoms with Crippen LogP contribution in [-0.4, -0.2) is 79.3 Å². The van der Waals surface area contributed by atoms with Gasteiger partial charge in [0.05, 0.1) is 47.2 Å². The molecule has 1 aliphatic heterocycles. The largest absolute Gasteiger partial charge is 0.492 e. The van der Waals surface area contributed by atoms with Crippen molar-refractivity contribution in [2.75, 3.05) is 56.6 Å². The summed E-state index contributed by atoms with van der Waals surface area (Å²) in [7, 11) is -7.77. The van der Waals surface area contributed by atoms with Crippen LogP contribution in [0.2, 0.25) is 5.02 Å². The molecule has 0 atom stereocenters. The number of hydrogen-bond donors (Lipinski definition) is 1. The van der Waals surface area contributed by atoms with Crippen LogP contribution >= 0.6 is 11.6 Å². The molecule has 0 aliphatic carbocycles. The molecule has 1 saturated heterocycles. The summed E-state index contributed by atoms with van der Waals surface area (Å²) in [6.45, 7) is 0.297. The van der Waals surface area contributed by atoms with Gasteiger partial charge in [-0.1, -0.05) is 11.6 Å². The van der Waals surface area contributed by atoms with Gasteiger partial charge in [-0.05, 0) is 42.5 Å². The number of sulfonamides is 2. The molecule has 1 amide bonds. The zero-order chi connectivity index (χ0) is 28.1. The van der Waals surface area contributed by atoms with Crippen molar-refractivity contribution in [3.8, 4) is 5.75 Å². The molecule has 1 N–H and O–H groups in total. The second kappa shape index (κ2) is 12.1. The third kappa shape index (κ3) is 7.72. The van der Waals surface area contributed by atoms with Crippen LogP contribution in [0.1, 0.15) is 5.56 Å². The number of rotatable bonds is 10. The van der Waals surface area contributed by atoms with E-state index < -0.39 is 49.3 Å². The lowest BCUT2D eigenvalue weighted by atomic mass is 10.2. The van der Waals surface area contributed by atoms with E-state index in [-0.39, 0.29) is 36.8 Å². The number of halogens is 4. The fourth-order valence-electron chi connectivity index (χ4n) is 3.48. The Morgan fingerprint density at radius 2 is 1.74 bits per heavy atom. The Kier molecular flexibility index (Phi) is 9.52. The van der Waals surface area contributed by atoms with Crippen LogP contribution in [0.5, 0.6) is 5.75 Å². The van der Waals surface area contributed by atoms with Crippen molar-refractivity contribution in [1.82, 2.24) is 9.62 Å². The lowest BCUT2D eigenvalue weighted by Gasteiger charge is -2.26. The van der Waals surface area contributed by atoms with Gasteiger partial charge in [0.2, 0.25) is 26.0 Å². The molecule has 0 bridgehead atoms. The van der Waals surface area contributed by atoms with E-state index in [0.29, 0.717) is 29.3 Å². The van der Waals surface area contributed by atoms with Gasteiger partial charge in [0, 0.05) is 13.1 Å². The maximum Gasteiger partial charge on any atom is 0.417 e. The molecule has 0 spiro atoms. The Morgan fingerprint density at radius 3 is 2.32 bits per heavy atom. The van der Waals surface area contributed by atoms with Crippen LogP contribution in [0, 0.1) is 0 Å². The number of benzene rings is 2. The highest BCUT2D eigenvalue weighted by molar-refractivity contribution is 7.92. The van der Waals surface area contributed by atoms with Crippen molar-refractivity contribution in [3.63, 3.8) is 0 Å². The zero-order valence-corrected chi connectivity index (χ0v) is 22.5. The maximum absolute atomic E-state index is 13.2. The van der Waals surface area contributed by atoms with Crippen LogP contribution in [0.4, 0.5) is 18.9 Å². The standard InChI is InChI=1S/C22H25ClF3N3O7S2/c1-37(31,32)29(16-2-7-20(23)19(14-16)22(24,25)26)15-21(30)27-8-11-36-17-3-5-18(6-4-17)38(33,34)28-9-12-35-13-10-28/h2-7,14H,8-13,15H2,1H3,(H,27,30). The van der Waals surface area contributed by atoms with Gasteiger partial charge in [-0.2, -0.15) is 17.5 Å². The first-order chi connectivity index (χ1) is 17.7. The number of anilines is 1. The summed E-state index contributed by atoms with van der Waals surface area (Å²) in [6.07, 6.45) is -4.06. The molecule has 10 nitrogen and oxygen atoms in total. The Labute approximate surface area is 223 Å². The molecule has 2 aromatic rings. The van der Waals surface area contributed by atoms with Crippen LogP contribution in [0.25, 0.3) is 0 Å². The summed E-state index contributed by atoms with van der Waals surface area (Å²) in [6, 6.07) is 8.23. The van der Waals surface area contributed by atoms with Gasteiger partial charge < -0.3 is 14.8 Å². The molecule has 38 heavy (non-hydrogen) atoms. The number of hydrogen-bond acceptors (Lipinski definition) is 7. The number of carbonyl (C=O) groups is 1. The Bertz CT molecular complexity index is 1350. The number of ether oxygens (including phenoxy) is 2. The number of nitrogens with zero attached hydrogens (tertiary/aromatic N) is 2. The highest BCUT2D eigenvalue weighted by Crippen LogP contribution is 2.37. The summed E-state index contributed by atoms with van der Waals surface area (Å²) in [5.41, 5.74) is -1.61. The maximum atomic E-state index is 13.2. The average molecular weight is 600 g/mol. The third-order valence-electron chi connectivity index (χ3n) is 5.36. The minimum Gasteiger partial charge on any atom is -0.492 e. The minimum atomic E-state index is -4.82. The van der Waals surface area contributed by atoms with Gasteiger partial charge in [-0.15, -0.1) is 0 Å². The van der Waals surface area contributed by atoms with Gasteiger partial charge in [-0.25, -0.2) is 16.8 Å². The molecule has 210 valence electrons. The normalized spacial score (nSPS) is 15.2. The van der Waals surface area contributed by atoms with Crippen LogP contribution in [0.3, 0.4) is 0 Å². The summed E-state index contributed by atoms with van der Waals surface area (Å²) < 4.78 is 102. The highest BCUT2D eigenvalue weighted by Gasteiger charge is 2.34. The van der Waals surface area contributed by atoms with Gasteiger partial charge in [0.15, 0.2) is 0 Å². The number of nitrogens with one attached hydrogen (secondary N) is 1. The molecule has 2 aromatic carbocycles. The highest BCUT2D eigenvalue weighted by atomic mass is 35.5. The average Bonchev–Trinajstić information content (AvgIpc) is 2.85. The predicted molar refractivity (Wildman–Crippen MR) is 133 cm³/mol. The molecule has 1 fully saturated rings. The van der Waals surface area contributed by atoms with Crippen LogP contribution in [0.15, 0.2) is 47.4 Å². The molecule has 0 radical (unpaired) electrons. The molecular weight excluding hydrogens is 575 g/mol. The van der Waals surface area contributed by atoms with E-state index in [0.717, 1.165) is 18.4 Å². The number of amides is 1. The SMILES string of the molecule is CS(=O)(=O)N(CC(=O)NCCOc1ccc(S(=O)(=O)N2CCOCC2)cc1)c1ccc(Cl)c(C(F)(F)F)c1. The molecule has 0 aromatic heterocycles. The van der Waals surface area contributed by atoms with E-state index in [9.17, 15) is 34.8 Å². The van der Waals surface area contributed by atoms with Crippen molar-refractivity contribution in [3.05, 3.63) is 53.1 Å². The Morgan fingerprint density at radius 1 is 1.11 bits per heavy atom. The van der Waals surface area contributed by atoms with Crippen LogP contribution < -0.4 is 14.4 Å². The minimum absolute atomic E-state index is 0.0423. The third-order valence-corrected chi connectivity index (χ3v) is 8.74. The zero-order valence-electron chi connectivity index (χ0n) is 20.1. The smallest absolute Gasteiger partial charge is 0.417 e. The van der Waals surface area contributed by atoms with Crippen molar-refractivity contribution < 1.29 is 44.3 Å². The van der Waals surface area contributed by atoms with E-state index in [4.69, 9.17) is 21.1 Å². The van der Waals surface area contributed by atoms with Gasteiger partial charge in [0.25, 0.3) is 0 Å². The van der Waals surface area contributed by atoms with Crippen LogP contribution in [-0.2, 0) is 35.8 Å². The summed E-state index contributed by atoms with van der Waals surface area (Å²) in [5.74, 6) is -0.451. The van der Waals surface area contributed by atoms with Gasteiger partial charge in [0.1, 0.15) is 18.9 Å². The van der Waals surface area contributed by atoms with Crippen molar-refractivity contribution in [1.29, 1.82) is 0 Å². The fraction of sp³-hybridized carbons (Fsp3) is 0.409. The molecular formula is C22H25ClF3N3O7S2. The first kappa shape index (κ1) is 30.0. The summed E-state index contributed by atoms with van der Waals surface area (Å²) in [5, 5.41) is 1.82. The topological polar surface area (TPSA) is 122 Å². The molecule has 1 aliphatic rings. The van der Waals surface area contributed by atoms with E-state index in [1.807, 2.05) is 0 Å². The molecule has 0 saturated carbocycles. The van der Waals surface area contributed by atoms with Gasteiger partial charge in [-0.3, -0.25) is 9.10 Å². The van der Waals surface area contributed by atoms with E-state index in [1.54, 1.807) is 0 Å². The number of carbonyl (C=O) groups excluding carboxylic acids is 1. The predicted octanol–water partition coefficient (Wildman–Crippen LogP) is 2.34. The molecule has 16 heteroatoms. The Balaban J connectivity index is 1.55. The fourth-order valence-corrected chi connectivity index (χ4v) is 5.96. The lowest BCUT2D eigenvalue weighted by Crippen LogP contribution is -2.41. The molecule has 3 rings (SSSR count). The van der Waals surface area contributed by atoms with Crippen molar-refractivity contribution in [2.45, 2.75) is 11.1 Å². The summed E-state index contributed by atoms with van der Waals surface area (Å²) >= 11 is 5.59. The lowest BCUT2D eigenvalue weighted by molar-refractivity contribution is -0.137. The second-order valence-electron chi connectivity index (χ2n) is 8.12. The first-order valence-electron chi connectivity index (χ1n) is 11.1. The van der Waals surface area contributed by atoms with E-state index >= 15 is 0 Å². The first-order valence-corrected chi connectivity index (χ1v) is 14.8. The van der Waals surface area contributed by atoms with E-state index in [1.165, 1.54) is 28.6 Å². The molecule has 1 heterocycles. The quantitative estimate of drug-likeness (QED) is 0.416. The van der Waals surface area contributed by atoms with Crippen molar-refractivity contribution in [2.24, 2.45) is 0 Å². The molecule has 0 unspecified atom stereocenters. The Hall–Kier alpha value is -2.59.